The normalized spacial score (nSPS) is 21.3. The molecule has 1 N–H and O–H groups in total. The van der Waals surface area contributed by atoms with Crippen LogP contribution in [0.15, 0.2) is 18.2 Å². The maximum atomic E-state index is 13.9. The van der Waals surface area contributed by atoms with Gasteiger partial charge >= 0.3 is 6.61 Å². The minimum absolute atomic E-state index is 0.0839. The average Bonchev–Trinajstić information content (AvgIpc) is 2.30. The van der Waals surface area contributed by atoms with Crippen LogP contribution in [0, 0.1) is 5.82 Å². The van der Waals surface area contributed by atoms with Gasteiger partial charge in [-0.1, -0.05) is 6.07 Å². The molecular formula is C12H15F3N2O. The molecule has 0 aromatic heterocycles. The van der Waals surface area contributed by atoms with Gasteiger partial charge in [0.1, 0.15) is 11.6 Å². The molecule has 6 heteroatoms. The Morgan fingerprint density at radius 3 is 2.83 bits per heavy atom. The predicted molar refractivity (Wildman–Crippen MR) is 61.3 cm³/mol. The third kappa shape index (κ3) is 2.94. The average molecular weight is 260 g/mol. The van der Waals surface area contributed by atoms with Crippen molar-refractivity contribution in [2.45, 2.75) is 12.7 Å². The monoisotopic (exact) mass is 260 g/mol. The van der Waals surface area contributed by atoms with Crippen LogP contribution < -0.4 is 10.1 Å². The van der Waals surface area contributed by atoms with Gasteiger partial charge in [0.05, 0.1) is 0 Å². The second-order valence-corrected chi connectivity index (χ2v) is 4.26. The van der Waals surface area contributed by atoms with Gasteiger partial charge in [0.25, 0.3) is 0 Å². The summed E-state index contributed by atoms with van der Waals surface area (Å²) in [5.41, 5.74) is 0.492. The molecule has 1 atom stereocenters. The molecule has 0 amide bonds. The van der Waals surface area contributed by atoms with Crippen LogP contribution in [0.4, 0.5) is 13.2 Å². The van der Waals surface area contributed by atoms with Crippen molar-refractivity contribution >= 4 is 0 Å². The molecule has 3 nitrogen and oxygen atoms in total. The zero-order valence-electron chi connectivity index (χ0n) is 10.00. The number of ether oxygens (including phenoxy) is 1. The van der Waals surface area contributed by atoms with Crippen molar-refractivity contribution in [2.75, 3.05) is 26.7 Å². The standard InChI is InChI=1S/C12H15F3N2O/c1-17-5-4-16-7-11(17)9-3-2-8(6-10(9)13)18-12(14)15/h2-3,6,11-12,16H,4-5,7H2,1H3. The zero-order valence-corrected chi connectivity index (χ0v) is 10.00. The fourth-order valence-corrected chi connectivity index (χ4v) is 2.11. The van der Waals surface area contributed by atoms with Gasteiger partial charge in [0.2, 0.25) is 0 Å². The fraction of sp³-hybridized carbons (Fsp3) is 0.500. The van der Waals surface area contributed by atoms with Gasteiger partial charge in [-0.25, -0.2) is 4.39 Å². The summed E-state index contributed by atoms with van der Waals surface area (Å²) < 4.78 is 42.1. The lowest BCUT2D eigenvalue weighted by atomic mass is 10.0. The van der Waals surface area contributed by atoms with E-state index in [-0.39, 0.29) is 11.8 Å². The van der Waals surface area contributed by atoms with Crippen LogP contribution >= 0.6 is 0 Å². The van der Waals surface area contributed by atoms with Gasteiger partial charge in [-0.05, 0) is 13.1 Å². The molecule has 1 aliphatic rings. The Bertz CT molecular complexity index is 414. The van der Waals surface area contributed by atoms with Crippen LogP contribution in [-0.4, -0.2) is 38.2 Å². The second-order valence-electron chi connectivity index (χ2n) is 4.26. The van der Waals surface area contributed by atoms with E-state index in [4.69, 9.17) is 0 Å². The molecule has 1 heterocycles. The highest BCUT2D eigenvalue weighted by atomic mass is 19.3. The number of piperazine rings is 1. The third-order valence-corrected chi connectivity index (χ3v) is 3.07. The van der Waals surface area contributed by atoms with E-state index in [1.165, 1.54) is 12.1 Å². The van der Waals surface area contributed by atoms with Gasteiger partial charge in [0, 0.05) is 37.3 Å². The molecule has 100 valence electrons. The van der Waals surface area contributed by atoms with Crippen LogP contribution in [0.5, 0.6) is 5.75 Å². The minimum Gasteiger partial charge on any atom is -0.435 e. The number of likely N-dealkylation sites (N-methyl/N-ethyl adjacent to an activating group) is 1. The highest BCUT2D eigenvalue weighted by Crippen LogP contribution is 2.26. The Balaban J connectivity index is 2.18. The van der Waals surface area contributed by atoms with Crippen molar-refractivity contribution in [3.63, 3.8) is 0 Å². The largest absolute Gasteiger partial charge is 0.435 e. The van der Waals surface area contributed by atoms with Gasteiger partial charge in [-0.3, -0.25) is 4.90 Å². The summed E-state index contributed by atoms with van der Waals surface area (Å²) in [4.78, 5) is 2.03. The molecule has 18 heavy (non-hydrogen) atoms. The Morgan fingerprint density at radius 2 is 2.22 bits per heavy atom. The van der Waals surface area contributed by atoms with E-state index in [0.717, 1.165) is 19.2 Å². The molecular weight excluding hydrogens is 245 g/mol. The summed E-state index contributed by atoms with van der Waals surface area (Å²) in [5, 5.41) is 3.18. The molecule has 1 aromatic carbocycles. The molecule has 1 fully saturated rings. The maximum Gasteiger partial charge on any atom is 0.387 e. The molecule has 0 bridgehead atoms. The molecule has 0 aliphatic carbocycles. The Hall–Kier alpha value is -1.27. The zero-order chi connectivity index (χ0) is 13.1. The molecule has 0 spiro atoms. The van der Waals surface area contributed by atoms with E-state index in [1.54, 1.807) is 0 Å². The van der Waals surface area contributed by atoms with E-state index in [9.17, 15) is 13.2 Å². The van der Waals surface area contributed by atoms with Crippen molar-refractivity contribution in [1.29, 1.82) is 0 Å². The molecule has 1 saturated heterocycles. The lowest BCUT2D eigenvalue weighted by molar-refractivity contribution is -0.0500. The smallest absolute Gasteiger partial charge is 0.387 e. The number of alkyl halides is 2. The molecule has 0 radical (unpaired) electrons. The SMILES string of the molecule is CN1CCNCC1c1ccc(OC(F)F)cc1F. The van der Waals surface area contributed by atoms with Crippen LogP contribution in [0.25, 0.3) is 0 Å². The number of nitrogens with zero attached hydrogens (tertiary/aromatic N) is 1. The topological polar surface area (TPSA) is 24.5 Å². The van der Waals surface area contributed by atoms with E-state index in [1.807, 2.05) is 11.9 Å². The lowest BCUT2D eigenvalue weighted by Gasteiger charge is -2.33. The van der Waals surface area contributed by atoms with E-state index in [0.29, 0.717) is 12.1 Å². The Kier molecular flexibility index (Phi) is 4.08. The van der Waals surface area contributed by atoms with Crippen molar-refractivity contribution in [3.8, 4) is 5.75 Å². The number of halogens is 3. The molecule has 1 aromatic rings. The van der Waals surface area contributed by atoms with Crippen molar-refractivity contribution < 1.29 is 17.9 Å². The predicted octanol–water partition coefficient (Wildman–Crippen LogP) is 2.00. The summed E-state index contributed by atoms with van der Waals surface area (Å²) >= 11 is 0. The number of hydrogen-bond donors (Lipinski definition) is 1. The minimum atomic E-state index is -2.94. The first-order chi connectivity index (χ1) is 8.58. The van der Waals surface area contributed by atoms with Crippen molar-refractivity contribution in [3.05, 3.63) is 29.6 Å². The van der Waals surface area contributed by atoms with Crippen molar-refractivity contribution in [1.82, 2.24) is 10.2 Å². The van der Waals surface area contributed by atoms with Gasteiger partial charge < -0.3 is 10.1 Å². The molecule has 2 rings (SSSR count). The van der Waals surface area contributed by atoms with Crippen LogP contribution in [0.2, 0.25) is 0 Å². The fourth-order valence-electron chi connectivity index (χ4n) is 2.11. The number of hydrogen-bond acceptors (Lipinski definition) is 3. The van der Waals surface area contributed by atoms with Crippen LogP contribution in [0.1, 0.15) is 11.6 Å². The molecule has 1 unspecified atom stereocenters. The first kappa shape index (κ1) is 13.2. The second kappa shape index (κ2) is 5.58. The van der Waals surface area contributed by atoms with E-state index >= 15 is 0 Å². The maximum absolute atomic E-state index is 13.9. The number of benzene rings is 1. The molecule has 0 saturated carbocycles. The summed E-state index contributed by atoms with van der Waals surface area (Å²) in [6.07, 6.45) is 0. The summed E-state index contributed by atoms with van der Waals surface area (Å²) in [7, 11) is 1.91. The Morgan fingerprint density at radius 1 is 1.44 bits per heavy atom. The van der Waals surface area contributed by atoms with Gasteiger partial charge in [-0.2, -0.15) is 8.78 Å². The van der Waals surface area contributed by atoms with E-state index in [2.05, 4.69) is 10.1 Å². The first-order valence-electron chi connectivity index (χ1n) is 5.73. The highest BCUT2D eigenvalue weighted by molar-refractivity contribution is 5.31. The van der Waals surface area contributed by atoms with Gasteiger partial charge in [0.15, 0.2) is 0 Å². The quantitative estimate of drug-likeness (QED) is 0.899. The lowest BCUT2D eigenvalue weighted by Crippen LogP contribution is -2.44. The molecule has 1 aliphatic heterocycles. The third-order valence-electron chi connectivity index (χ3n) is 3.07. The summed E-state index contributed by atoms with van der Waals surface area (Å²) in [6.45, 7) is -0.613. The number of rotatable bonds is 3. The Labute approximate surface area is 104 Å². The summed E-state index contributed by atoms with van der Waals surface area (Å²) in [5.74, 6) is -0.675. The van der Waals surface area contributed by atoms with Gasteiger partial charge in [-0.15, -0.1) is 0 Å². The van der Waals surface area contributed by atoms with Crippen molar-refractivity contribution in [2.24, 2.45) is 0 Å². The summed E-state index contributed by atoms with van der Waals surface area (Å²) in [6, 6.07) is 3.79. The highest BCUT2D eigenvalue weighted by Gasteiger charge is 2.23. The van der Waals surface area contributed by atoms with Crippen LogP contribution in [0.3, 0.4) is 0 Å². The van der Waals surface area contributed by atoms with E-state index < -0.39 is 12.4 Å². The number of nitrogens with one attached hydrogen (secondary N) is 1. The first-order valence-corrected chi connectivity index (χ1v) is 5.73. The van der Waals surface area contributed by atoms with Crippen LogP contribution in [-0.2, 0) is 0 Å².